The van der Waals surface area contributed by atoms with Gasteiger partial charge in [-0.2, -0.15) is 0 Å². The van der Waals surface area contributed by atoms with Gasteiger partial charge >= 0.3 is 5.97 Å². The lowest BCUT2D eigenvalue weighted by Crippen LogP contribution is -2.17. The quantitative estimate of drug-likeness (QED) is 0.769. The molecule has 1 aromatic rings. The molecule has 96 valence electrons. The Morgan fingerprint density at radius 3 is 2.41 bits per heavy atom. The van der Waals surface area contributed by atoms with Gasteiger partial charge in [0, 0.05) is 17.2 Å². The second-order valence-electron chi connectivity index (χ2n) is 4.72. The molecule has 0 aliphatic carbocycles. The van der Waals surface area contributed by atoms with Crippen molar-refractivity contribution in [1.29, 1.82) is 0 Å². The Bertz CT molecular complexity index is 431. The fourth-order valence-corrected chi connectivity index (χ4v) is 2.10. The van der Waals surface area contributed by atoms with Crippen LogP contribution in [0.4, 0.5) is 0 Å². The molecular weight excluding hydrogens is 220 g/mol. The fourth-order valence-electron chi connectivity index (χ4n) is 2.10. The van der Waals surface area contributed by atoms with Crippen LogP contribution in [0, 0.1) is 12.8 Å². The van der Waals surface area contributed by atoms with Gasteiger partial charge in [0.25, 0.3) is 5.56 Å². The van der Waals surface area contributed by atoms with Crippen molar-refractivity contribution in [3.63, 3.8) is 0 Å². The lowest BCUT2D eigenvalue weighted by atomic mass is 9.88. The van der Waals surface area contributed by atoms with Crippen LogP contribution in [0.15, 0.2) is 4.79 Å². The minimum Gasteiger partial charge on any atom is -0.469 e. The van der Waals surface area contributed by atoms with E-state index >= 15 is 0 Å². The van der Waals surface area contributed by atoms with Gasteiger partial charge in [0.15, 0.2) is 0 Å². The van der Waals surface area contributed by atoms with Gasteiger partial charge in [-0.15, -0.1) is 0 Å². The third kappa shape index (κ3) is 3.47. The molecule has 1 rings (SSSR count). The van der Waals surface area contributed by atoms with E-state index in [-0.39, 0.29) is 23.9 Å². The zero-order valence-corrected chi connectivity index (χ0v) is 10.8. The summed E-state index contributed by atoms with van der Waals surface area (Å²) in [5, 5.41) is 5.34. The van der Waals surface area contributed by atoms with Crippen molar-refractivity contribution < 1.29 is 9.53 Å². The first kappa shape index (κ1) is 13.5. The fraction of sp³-hybridized carbons (Fsp3) is 0.667. The van der Waals surface area contributed by atoms with Crippen LogP contribution < -0.4 is 5.56 Å². The molecule has 5 nitrogen and oxygen atoms in total. The Morgan fingerprint density at radius 2 is 2.00 bits per heavy atom. The lowest BCUT2D eigenvalue weighted by molar-refractivity contribution is -0.141. The molecule has 0 fully saturated rings. The molecule has 0 unspecified atom stereocenters. The van der Waals surface area contributed by atoms with E-state index in [1.165, 1.54) is 7.11 Å². The Balaban J connectivity index is 2.97. The Hall–Kier alpha value is -1.52. The van der Waals surface area contributed by atoms with Crippen molar-refractivity contribution >= 4 is 5.97 Å². The predicted molar refractivity (Wildman–Crippen MR) is 65.0 cm³/mol. The standard InChI is InChI=1S/C12H20N2O3/c1-7(2)5-9(6-10(15)17-4)11-8(3)13-14-12(11)16/h7,9H,5-6H2,1-4H3,(H2,13,14,16)/t9-/m1/s1. The molecule has 0 aliphatic heterocycles. The number of aromatic nitrogens is 2. The van der Waals surface area contributed by atoms with Gasteiger partial charge in [0.1, 0.15) is 0 Å². The molecule has 17 heavy (non-hydrogen) atoms. The molecule has 1 atom stereocenters. The highest BCUT2D eigenvalue weighted by Crippen LogP contribution is 2.26. The Labute approximate surface area is 101 Å². The number of ether oxygens (including phenoxy) is 1. The number of nitrogens with one attached hydrogen (secondary N) is 2. The number of esters is 1. The average molecular weight is 240 g/mol. The summed E-state index contributed by atoms with van der Waals surface area (Å²) in [6.07, 6.45) is 1.04. The van der Waals surface area contributed by atoms with Crippen molar-refractivity contribution in [2.45, 2.75) is 39.5 Å². The summed E-state index contributed by atoms with van der Waals surface area (Å²) in [5.74, 6) is 0.0476. The van der Waals surface area contributed by atoms with Crippen molar-refractivity contribution in [3.05, 3.63) is 21.6 Å². The molecule has 0 saturated heterocycles. The third-order valence-electron chi connectivity index (χ3n) is 2.82. The van der Waals surface area contributed by atoms with Crippen molar-refractivity contribution in [3.8, 4) is 0 Å². The van der Waals surface area contributed by atoms with Gasteiger partial charge < -0.3 is 9.84 Å². The molecule has 0 aliphatic rings. The van der Waals surface area contributed by atoms with E-state index < -0.39 is 0 Å². The minimum atomic E-state index is -0.282. The Kier molecular flexibility index (Phi) is 4.54. The van der Waals surface area contributed by atoms with Crippen LogP contribution in [0.1, 0.15) is 43.9 Å². The molecule has 1 aromatic heterocycles. The highest BCUT2D eigenvalue weighted by molar-refractivity contribution is 5.70. The largest absolute Gasteiger partial charge is 0.469 e. The van der Waals surface area contributed by atoms with E-state index in [1.54, 1.807) is 0 Å². The maximum absolute atomic E-state index is 11.7. The van der Waals surface area contributed by atoms with Gasteiger partial charge in [-0.3, -0.25) is 14.7 Å². The van der Waals surface area contributed by atoms with Crippen molar-refractivity contribution in [1.82, 2.24) is 10.2 Å². The summed E-state index contributed by atoms with van der Waals surface area (Å²) in [7, 11) is 1.36. The summed E-state index contributed by atoms with van der Waals surface area (Å²) in [5.41, 5.74) is 1.32. The monoisotopic (exact) mass is 240 g/mol. The van der Waals surface area contributed by atoms with E-state index in [0.717, 1.165) is 12.1 Å². The number of methoxy groups -OCH3 is 1. The number of rotatable bonds is 5. The van der Waals surface area contributed by atoms with Crippen LogP contribution in [0.3, 0.4) is 0 Å². The summed E-state index contributed by atoms with van der Waals surface area (Å²) in [6.45, 7) is 5.97. The summed E-state index contributed by atoms with van der Waals surface area (Å²) in [4.78, 5) is 23.1. The normalized spacial score (nSPS) is 12.8. The topological polar surface area (TPSA) is 75.0 Å². The van der Waals surface area contributed by atoms with Gasteiger partial charge in [0.05, 0.1) is 13.5 Å². The van der Waals surface area contributed by atoms with Crippen molar-refractivity contribution in [2.24, 2.45) is 5.92 Å². The molecule has 0 bridgehead atoms. The van der Waals surface area contributed by atoms with Crippen LogP contribution in [-0.2, 0) is 9.53 Å². The van der Waals surface area contributed by atoms with Gasteiger partial charge in [-0.05, 0) is 19.3 Å². The van der Waals surface area contributed by atoms with E-state index in [4.69, 9.17) is 0 Å². The molecule has 0 radical (unpaired) electrons. The van der Waals surface area contributed by atoms with Gasteiger partial charge in [0.2, 0.25) is 0 Å². The summed E-state index contributed by atoms with van der Waals surface area (Å²) in [6, 6.07) is 0. The van der Waals surface area contributed by atoms with Crippen LogP contribution in [0.2, 0.25) is 0 Å². The number of H-pyrrole nitrogens is 2. The average Bonchev–Trinajstić information content (AvgIpc) is 2.56. The van der Waals surface area contributed by atoms with E-state index in [9.17, 15) is 9.59 Å². The second-order valence-corrected chi connectivity index (χ2v) is 4.72. The summed E-state index contributed by atoms with van der Waals surface area (Å²) < 4.78 is 4.68. The zero-order valence-electron chi connectivity index (χ0n) is 10.8. The number of carbonyl (C=O) groups excluding carboxylic acids is 1. The number of hydrogen-bond acceptors (Lipinski definition) is 3. The van der Waals surface area contributed by atoms with Crippen LogP contribution in [0.25, 0.3) is 0 Å². The highest BCUT2D eigenvalue weighted by Gasteiger charge is 2.23. The zero-order chi connectivity index (χ0) is 13.0. The first-order chi connectivity index (χ1) is 7.95. The van der Waals surface area contributed by atoms with E-state index in [2.05, 4.69) is 28.8 Å². The molecule has 0 saturated carbocycles. The van der Waals surface area contributed by atoms with Crippen LogP contribution >= 0.6 is 0 Å². The highest BCUT2D eigenvalue weighted by atomic mass is 16.5. The number of hydrogen-bond donors (Lipinski definition) is 2. The first-order valence-corrected chi connectivity index (χ1v) is 5.79. The molecule has 0 amide bonds. The maximum Gasteiger partial charge on any atom is 0.306 e. The molecule has 1 heterocycles. The number of carbonyl (C=O) groups is 1. The van der Waals surface area contributed by atoms with Crippen molar-refractivity contribution in [2.75, 3.05) is 7.11 Å². The maximum atomic E-state index is 11.7. The minimum absolute atomic E-state index is 0.0857. The van der Waals surface area contributed by atoms with E-state index in [0.29, 0.717) is 11.5 Å². The van der Waals surface area contributed by atoms with Gasteiger partial charge in [-0.25, -0.2) is 0 Å². The first-order valence-electron chi connectivity index (χ1n) is 5.79. The number of aromatic amines is 2. The van der Waals surface area contributed by atoms with Crippen LogP contribution in [-0.4, -0.2) is 23.3 Å². The second kappa shape index (κ2) is 5.70. The Morgan fingerprint density at radius 1 is 1.35 bits per heavy atom. The molecule has 0 aromatic carbocycles. The number of aryl methyl sites for hydroxylation is 1. The SMILES string of the molecule is COC(=O)C[C@@H](CC(C)C)c1c(C)[nH][nH]c1=O. The van der Waals surface area contributed by atoms with Gasteiger partial charge in [-0.1, -0.05) is 13.8 Å². The molecular formula is C12H20N2O3. The summed E-state index contributed by atoms with van der Waals surface area (Å²) >= 11 is 0. The third-order valence-corrected chi connectivity index (χ3v) is 2.82. The predicted octanol–water partition coefficient (Wildman–Crippen LogP) is 1.70. The van der Waals surface area contributed by atoms with E-state index in [1.807, 2.05) is 6.92 Å². The molecule has 2 N–H and O–H groups in total. The molecule has 5 heteroatoms. The van der Waals surface area contributed by atoms with Crippen LogP contribution in [0.5, 0.6) is 0 Å². The molecule has 0 spiro atoms. The smallest absolute Gasteiger partial charge is 0.306 e. The lowest BCUT2D eigenvalue weighted by Gasteiger charge is -2.16.